The van der Waals surface area contributed by atoms with Crippen LogP contribution in [0.25, 0.3) is 6.08 Å². The van der Waals surface area contributed by atoms with E-state index in [9.17, 15) is 14.4 Å². The van der Waals surface area contributed by atoms with E-state index in [-0.39, 0.29) is 36.9 Å². The highest BCUT2D eigenvalue weighted by Crippen LogP contribution is 2.36. The maximum Gasteiger partial charge on any atom is 0.293 e. The predicted octanol–water partition coefficient (Wildman–Crippen LogP) is 3.92. The normalized spacial score (nSPS) is 16.1. The lowest BCUT2D eigenvalue weighted by Gasteiger charge is -2.13. The van der Waals surface area contributed by atoms with Crippen molar-refractivity contribution in [3.63, 3.8) is 0 Å². The maximum atomic E-state index is 12.7. The number of rotatable bonds is 8. The van der Waals surface area contributed by atoms with E-state index in [2.05, 4.69) is 5.32 Å². The van der Waals surface area contributed by atoms with E-state index in [0.29, 0.717) is 40.2 Å². The molecule has 1 saturated heterocycles. The molecule has 0 saturated carbocycles. The molecular weight excluding hydrogens is 444 g/mol. The summed E-state index contributed by atoms with van der Waals surface area (Å²) in [5.41, 5.74) is 1.19. The molecular formula is C24H24N2O6S. The van der Waals surface area contributed by atoms with E-state index in [1.807, 2.05) is 13.8 Å². The summed E-state index contributed by atoms with van der Waals surface area (Å²) in [6, 6.07) is 12.2. The number of ether oxygens (including phenoxy) is 3. The first-order valence-corrected chi connectivity index (χ1v) is 11.4. The molecule has 2 aromatic rings. The lowest BCUT2D eigenvalue weighted by atomic mass is 10.2. The van der Waals surface area contributed by atoms with Crippen molar-refractivity contribution < 1.29 is 28.6 Å². The minimum atomic E-state index is -0.388. The zero-order chi connectivity index (χ0) is 23.4. The number of thioether (sulfide) groups is 1. The number of nitrogens with zero attached hydrogens (tertiary/aromatic N) is 1. The number of carbonyl (C=O) groups is 3. The highest BCUT2D eigenvalue weighted by molar-refractivity contribution is 8.18. The van der Waals surface area contributed by atoms with Crippen LogP contribution < -0.4 is 19.5 Å². The van der Waals surface area contributed by atoms with Gasteiger partial charge in [-0.3, -0.25) is 19.3 Å². The van der Waals surface area contributed by atoms with Gasteiger partial charge < -0.3 is 19.5 Å². The topological polar surface area (TPSA) is 94.2 Å². The molecule has 4 rings (SSSR count). The van der Waals surface area contributed by atoms with Crippen LogP contribution in [0.3, 0.4) is 0 Å². The Kier molecular flexibility index (Phi) is 6.88. The number of fused-ring (bicyclic) bond motifs is 1. The standard InChI is InChI=1S/C24H24N2O6S/c1-15(2)13-30-18-5-3-4-17(12-18)22(27)25-8-9-26-23(28)21(33-24(26)29)11-16-6-7-19-20(10-16)32-14-31-19/h3-7,10-12,15H,8-9,13-14H2,1-2H3,(H,25,27)/b21-11-. The first-order chi connectivity index (χ1) is 15.9. The Morgan fingerprint density at radius 2 is 2.00 bits per heavy atom. The van der Waals surface area contributed by atoms with E-state index in [1.165, 1.54) is 0 Å². The van der Waals surface area contributed by atoms with Crippen LogP contribution in [-0.2, 0) is 4.79 Å². The van der Waals surface area contributed by atoms with Crippen molar-refractivity contribution in [1.82, 2.24) is 10.2 Å². The summed E-state index contributed by atoms with van der Waals surface area (Å²) in [4.78, 5) is 39.0. The maximum absolute atomic E-state index is 12.7. The molecule has 2 aliphatic heterocycles. The third kappa shape index (κ3) is 5.48. The van der Waals surface area contributed by atoms with Gasteiger partial charge in [-0.1, -0.05) is 26.0 Å². The first kappa shape index (κ1) is 22.7. The van der Waals surface area contributed by atoms with Gasteiger partial charge in [-0.05, 0) is 59.7 Å². The molecule has 0 aliphatic carbocycles. The molecule has 2 aromatic carbocycles. The van der Waals surface area contributed by atoms with Gasteiger partial charge in [0.05, 0.1) is 11.5 Å². The summed E-state index contributed by atoms with van der Waals surface area (Å²) >= 11 is 0.872. The van der Waals surface area contributed by atoms with E-state index >= 15 is 0 Å². The molecule has 1 N–H and O–H groups in total. The largest absolute Gasteiger partial charge is 0.493 e. The van der Waals surface area contributed by atoms with Gasteiger partial charge in [-0.15, -0.1) is 0 Å². The highest BCUT2D eigenvalue weighted by atomic mass is 32.2. The molecule has 0 aromatic heterocycles. The van der Waals surface area contributed by atoms with Crippen LogP contribution in [0.4, 0.5) is 4.79 Å². The summed E-state index contributed by atoms with van der Waals surface area (Å²) < 4.78 is 16.3. The number of nitrogens with one attached hydrogen (secondary N) is 1. The lowest BCUT2D eigenvalue weighted by molar-refractivity contribution is -0.122. The predicted molar refractivity (Wildman–Crippen MR) is 124 cm³/mol. The van der Waals surface area contributed by atoms with Crippen LogP contribution in [-0.4, -0.2) is 48.4 Å². The van der Waals surface area contributed by atoms with Crippen molar-refractivity contribution in [1.29, 1.82) is 0 Å². The number of amides is 3. The Morgan fingerprint density at radius 1 is 1.18 bits per heavy atom. The summed E-state index contributed by atoms with van der Waals surface area (Å²) in [5.74, 6) is 1.56. The average molecular weight is 469 g/mol. The average Bonchev–Trinajstić information content (AvgIpc) is 3.37. The van der Waals surface area contributed by atoms with Gasteiger partial charge in [0.1, 0.15) is 5.75 Å². The number of carbonyl (C=O) groups excluding carboxylic acids is 3. The van der Waals surface area contributed by atoms with Crippen LogP contribution >= 0.6 is 11.8 Å². The van der Waals surface area contributed by atoms with Gasteiger partial charge in [0, 0.05) is 18.7 Å². The zero-order valence-corrected chi connectivity index (χ0v) is 19.1. The molecule has 0 atom stereocenters. The van der Waals surface area contributed by atoms with Crippen LogP contribution in [0, 0.1) is 5.92 Å². The van der Waals surface area contributed by atoms with Gasteiger partial charge in [-0.25, -0.2) is 0 Å². The fourth-order valence-corrected chi connectivity index (χ4v) is 4.09. The summed E-state index contributed by atoms with van der Waals surface area (Å²) in [6.07, 6.45) is 1.65. The number of hydrogen-bond donors (Lipinski definition) is 1. The van der Waals surface area contributed by atoms with Gasteiger partial charge in [0.25, 0.3) is 17.1 Å². The first-order valence-electron chi connectivity index (χ1n) is 10.6. The third-order valence-corrected chi connectivity index (χ3v) is 5.78. The monoisotopic (exact) mass is 468 g/mol. The molecule has 2 aliphatic rings. The molecule has 33 heavy (non-hydrogen) atoms. The van der Waals surface area contributed by atoms with Gasteiger partial charge in [0.15, 0.2) is 11.5 Å². The van der Waals surface area contributed by atoms with Crippen LogP contribution in [0.1, 0.15) is 29.8 Å². The quantitative estimate of drug-likeness (QED) is 0.587. The number of imide groups is 1. The summed E-state index contributed by atoms with van der Waals surface area (Å²) in [6.45, 7) is 5.04. The van der Waals surface area contributed by atoms with Crippen molar-refractivity contribution in [3.8, 4) is 17.2 Å². The summed E-state index contributed by atoms with van der Waals surface area (Å²) in [5, 5.41) is 2.38. The molecule has 172 valence electrons. The second-order valence-electron chi connectivity index (χ2n) is 7.93. The Balaban J connectivity index is 1.32. The van der Waals surface area contributed by atoms with Crippen molar-refractivity contribution >= 4 is 34.9 Å². The zero-order valence-electron chi connectivity index (χ0n) is 18.3. The van der Waals surface area contributed by atoms with Crippen LogP contribution in [0.15, 0.2) is 47.4 Å². The summed E-state index contributed by atoms with van der Waals surface area (Å²) in [7, 11) is 0. The Labute approximate surface area is 195 Å². The molecule has 0 unspecified atom stereocenters. The van der Waals surface area contributed by atoms with E-state index in [4.69, 9.17) is 14.2 Å². The van der Waals surface area contributed by atoms with E-state index in [1.54, 1.807) is 48.5 Å². The second kappa shape index (κ2) is 9.99. The van der Waals surface area contributed by atoms with Crippen molar-refractivity contribution in [3.05, 3.63) is 58.5 Å². The molecule has 8 nitrogen and oxygen atoms in total. The van der Waals surface area contributed by atoms with E-state index in [0.717, 1.165) is 22.2 Å². The highest BCUT2D eigenvalue weighted by Gasteiger charge is 2.34. The van der Waals surface area contributed by atoms with Crippen LogP contribution in [0.2, 0.25) is 0 Å². The molecule has 0 radical (unpaired) electrons. The van der Waals surface area contributed by atoms with Crippen molar-refractivity contribution in [2.75, 3.05) is 26.5 Å². The molecule has 0 spiro atoms. The fourth-order valence-electron chi connectivity index (χ4n) is 3.22. The van der Waals surface area contributed by atoms with Gasteiger partial charge in [-0.2, -0.15) is 0 Å². The van der Waals surface area contributed by atoms with E-state index < -0.39 is 0 Å². The molecule has 1 fully saturated rings. The number of benzene rings is 2. The Bertz CT molecular complexity index is 1110. The second-order valence-corrected chi connectivity index (χ2v) is 8.93. The third-order valence-electron chi connectivity index (χ3n) is 4.87. The van der Waals surface area contributed by atoms with Crippen molar-refractivity contribution in [2.45, 2.75) is 13.8 Å². The van der Waals surface area contributed by atoms with Crippen LogP contribution in [0.5, 0.6) is 17.2 Å². The minimum Gasteiger partial charge on any atom is -0.493 e. The molecule has 2 heterocycles. The molecule has 9 heteroatoms. The van der Waals surface area contributed by atoms with Gasteiger partial charge >= 0.3 is 0 Å². The van der Waals surface area contributed by atoms with Gasteiger partial charge in [0.2, 0.25) is 6.79 Å². The molecule has 0 bridgehead atoms. The Morgan fingerprint density at radius 3 is 2.82 bits per heavy atom. The number of hydrogen-bond acceptors (Lipinski definition) is 7. The SMILES string of the molecule is CC(C)COc1cccc(C(=O)NCCN2C(=O)S/C(=C\c3ccc4c(c3)OCO4)C2=O)c1. The lowest BCUT2D eigenvalue weighted by Crippen LogP contribution is -2.37. The van der Waals surface area contributed by atoms with Crippen molar-refractivity contribution in [2.24, 2.45) is 5.92 Å². The fraction of sp³-hybridized carbons (Fsp3) is 0.292. The minimum absolute atomic E-state index is 0.0818. The Hall–Kier alpha value is -3.46. The molecule has 3 amide bonds. The smallest absolute Gasteiger partial charge is 0.293 e.